The predicted molar refractivity (Wildman–Crippen MR) is 104 cm³/mol. The van der Waals surface area contributed by atoms with Gasteiger partial charge in [0.25, 0.3) is 0 Å². The maximum absolute atomic E-state index is 12.4. The van der Waals surface area contributed by atoms with Crippen molar-refractivity contribution in [2.24, 2.45) is 0 Å². The van der Waals surface area contributed by atoms with Crippen LogP contribution in [0.2, 0.25) is 0 Å². The van der Waals surface area contributed by atoms with E-state index in [1.807, 2.05) is 61.5 Å². The highest BCUT2D eigenvalue weighted by Crippen LogP contribution is 2.23. The van der Waals surface area contributed by atoms with Crippen molar-refractivity contribution < 1.29 is 9.53 Å². The van der Waals surface area contributed by atoms with Gasteiger partial charge in [0.15, 0.2) is 0 Å². The number of carbonyl (C=O) groups excluding carboxylic acids is 1. The molecule has 2 aromatic carbocycles. The average molecular weight is 383 g/mol. The number of benzene rings is 2. The third kappa shape index (κ3) is 5.07. The van der Waals surface area contributed by atoms with Crippen molar-refractivity contribution in [3.63, 3.8) is 0 Å². The molecule has 0 saturated heterocycles. The highest BCUT2D eigenvalue weighted by molar-refractivity contribution is 8.00. The van der Waals surface area contributed by atoms with Crippen LogP contribution in [0, 0.1) is 0 Å². The van der Waals surface area contributed by atoms with Crippen molar-refractivity contribution in [1.29, 1.82) is 0 Å². The van der Waals surface area contributed by atoms with Crippen molar-refractivity contribution >= 4 is 17.7 Å². The molecule has 0 saturated carbocycles. The summed E-state index contributed by atoms with van der Waals surface area (Å²) < 4.78 is 6.77. The van der Waals surface area contributed by atoms with Gasteiger partial charge in [-0.05, 0) is 53.6 Å². The standard InChI is InChI=1S/C19H21N5O2S/c1-14(18(25)20-13-12-15-6-4-3-5-7-15)27-19-21-22-23-24(19)16-8-10-17(26-2)11-9-16/h3-11,14H,12-13H2,1-2H3,(H,20,25). The summed E-state index contributed by atoms with van der Waals surface area (Å²) in [6, 6.07) is 17.5. The Hall–Kier alpha value is -2.87. The maximum atomic E-state index is 12.4. The van der Waals surface area contributed by atoms with E-state index in [1.165, 1.54) is 17.3 Å². The summed E-state index contributed by atoms with van der Waals surface area (Å²) in [5.74, 6) is 0.715. The number of ether oxygens (including phenoxy) is 1. The van der Waals surface area contributed by atoms with Gasteiger partial charge in [0.1, 0.15) is 5.75 Å². The lowest BCUT2D eigenvalue weighted by molar-refractivity contribution is -0.120. The molecule has 1 heterocycles. The zero-order valence-electron chi connectivity index (χ0n) is 15.2. The van der Waals surface area contributed by atoms with Crippen LogP contribution in [0.1, 0.15) is 12.5 Å². The minimum Gasteiger partial charge on any atom is -0.497 e. The van der Waals surface area contributed by atoms with Crippen molar-refractivity contribution in [3.8, 4) is 11.4 Å². The smallest absolute Gasteiger partial charge is 0.233 e. The van der Waals surface area contributed by atoms with Gasteiger partial charge in [-0.3, -0.25) is 4.79 Å². The molecule has 27 heavy (non-hydrogen) atoms. The van der Waals surface area contributed by atoms with E-state index in [0.29, 0.717) is 11.7 Å². The molecule has 0 aliphatic heterocycles. The van der Waals surface area contributed by atoms with Crippen LogP contribution < -0.4 is 10.1 Å². The molecule has 3 rings (SSSR count). The number of thioether (sulfide) groups is 1. The van der Waals surface area contributed by atoms with Crippen LogP contribution in [0.3, 0.4) is 0 Å². The van der Waals surface area contributed by atoms with Crippen LogP contribution in [0.25, 0.3) is 5.69 Å². The Bertz CT molecular complexity index is 867. The number of carbonyl (C=O) groups is 1. The Labute approximate surface area is 162 Å². The van der Waals surface area contributed by atoms with E-state index >= 15 is 0 Å². The lowest BCUT2D eigenvalue weighted by atomic mass is 10.1. The van der Waals surface area contributed by atoms with Crippen LogP contribution in [-0.4, -0.2) is 45.0 Å². The monoisotopic (exact) mass is 383 g/mol. The summed E-state index contributed by atoms with van der Waals surface area (Å²) in [5, 5.41) is 15.0. The van der Waals surface area contributed by atoms with E-state index in [-0.39, 0.29) is 11.2 Å². The van der Waals surface area contributed by atoms with Gasteiger partial charge in [0.05, 0.1) is 18.0 Å². The molecule has 0 aliphatic carbocycles. The predicted octanol–water partition coefficient (Wildman–Crippen LogP) is 2.51. The molecule has 3 aromatic rings. The van der Waals surface area contributed by atoms with Gasteiger partial charge < -0.3 is 10.1 Å². The molecule has 0 radical (unpaired) electrons. The normalized spacial score (nSPS) is 11.8. The third-order valence-corrected chi connectivity index (χ3v) is 5.00. The second kappa shape index (κ2) is 9.18. The van der Waals surface area contributed by atoms with Gasteiger partial charge >= 0.3 is 0 Å². The van der Waals surface area contributed by atoms with Gasteiger partial charge in [-0.25, -0.2) is 0 Å². The Balaban J connectivity index is 1.56. The first-order valence-corrected chi connectivity index (χ1v) is 9.46. The van der Waals surface area contributed by atoms with Crippen LogP contribution in [0.5, 0.6) is 5.75 Å². The second-order valence-electron chi connectivity index (χ2n) is 5.86. The minimum atomic E-state index is -0.316. The van der Waals surface area contributed by atoms with Crippen molar-refractivity contribution in [2.75, 3.05) is 13.7 Å². The number of aromatic nitrogens is 4. The molecule has 0 spiro atoms. The number of methoxy groups -OCH3 is 1. The first-order chi connectivity index (χ1) is 13.2. The van der Waals surface area contributed by atoms with Gasteiger partial charge in [-0.2, -0.15) is 4.68 Å². The highest BCUT2D eigenvalue weighted by Gasteiger charge is 2.19. The fraction of sp³-hybridized carbons (Fsp3) is 0.263. The van der Waals surface area contributed by atoms with Crippen LogP contribution in [0.15, 0.2) is 59.8 Å². The van der Waals surface area contributed by atoms with E-state index in [0.717, 1.165) is 17.9 Å². The first-order valence-electron chi connectivity index (χ1n) is 8.58. The van der Waals surface area contributed by atoms with Crippen LogP contribution in [-0.2, 0) is 11.2 Å². The molecule has 1 aromatic heterocycles. The van der Waals surface area contributed by atoms with Crippen molar-refractivity contribution in [3.05, 3.63) is 60.2 Å². The second-order valence-corrected chi connectivity index (χ2v) is 7.17. The Kier molecular flexibility index (Phi) is 6.43. The molecule has 1 amide bonds. The Morgan fingerprint density at radius 1 is 1.19 bits per heavy atom. The summed E-state index contributed by atoms with van der Waals surface area (Å²) in [6.07, 6.45) is 0.799. The van der Waals surface area contributed by atoms with Crippen LogP contribution >= 0.6 is 11.8 Å². The lowest BCUT2D eigenvalue weighted by Gasteiger charge is -2.12. The molecule has 7 nitrogen and oxygen atoms in total. The quantitative estimate of drug-likeness (QED) is 0.602. The molecule has 0 aliphatic rings. The number of rotatable bonds is 8. The summed E-state index contributed by atoms with van der Waals surface area (Å²) in [5.41, 5.74) is 2.00. The third-order valence-electron chi connectivity index (χ3n) is 3.97. The number of hydrogen-bond donors (Lipinski definition) is 1. The van der Waals surface area contributed by atoms with Crippen molar-refractivity contribution in [1.82, 2.24) is 25.5 Å². The fourth-order valence-electron chi connectivity index (χ4n) is 2.47. The van der Waals surface area contributed by atoms with Gasteiger partial charge in [-0.1, -0.05) is 42.1 Å². The zero-order chi connectivity index (χ0) is 19.1. The summed E-state index contributed by atoms with van der Waals surface area (Å²) in [4.78, 5) is 12.4. The largest absolute Gasteiger partial charge is 0.497 e. The van der Waals surface area contributed by atoms with Gasteiger partial charge in [0, 0.05) is 6.54 Å². The fourth-order valence-corrected chi connectivity index (χ4v) is 3.30. The molecule has 140 valence electrons. The lowest BCUT2D eigenvalue weighted by Crippen LogP contribution is -2.32. The molecule has 1 N–H and O–H groups in total. The number of tetrazole rings is 1. The Morgan fingerprint density at radius 3 is 2.63 bits per heavy atom. The number of nitrogens with zero attached hydrogens (tertiary/aromatic N) is 4. The average Bonchev–Trinajstić information content (AvgIpc) is 3.16. The first kappa shape index (κ1) is 18.9. The molecule has 0 bridgehead atoms. The molecule has 1 atom stereocenters. The minimum absolute atomic E-state index is 0.0415. The molecule has 8 heteroatoms. The number of amides is 1. The number of hydrogen-bond acceptors (Lipinski definition) is 6. The van der Waals surface area contributed by atoms with E-state index in [4.69, 9.17) is 4.74 Å². The molecule has 0 fully saturated rings. The summed E-state index contributed by atoms with van der Waals surface area (Å²) in [7, 11) is 1.62. The van der Waals surface area contributed by atoms with E-state index < -0.39 is 0 Å². The topological polar surface area (TPSA) is 81.9 Å². The summed E-state index contributed by atoms with van der Waals surface area (Å²) in [6.45, 7) is 2.44. The maximum Gasteiger partial charge on any atom is 0.233 e. The van der Waals surface area contributed by atoms with Gasteiger partial charge in [0.2, 0.25) is 11.1 Å². The Morgan fingerprint density at radius 2 is 1.93 bits per heavy atom. The van der Waals surface area contributed by atoms with E-state index in [9.17, 15) is 4.79 Å². The molecular weight excluding hydrogens is 362 g/mol. The van der Waals surface area contributed by atoms with Gasteiger partial charge in [-0.15, -0.1) is 5.10 Å². The zero-order valence-corrected chi connectivity index (χ0v) is 16.0. The number of nitrogens with one attached hydrogen (secondary N) is 1. The molecule has 1 unspecified atom stereocenters. The van der Waals surface area contributed by atoms with Crippen LogP contribution in [0.4, 0.5) is 0 Å². The summed E-state index contributed by atoms with van der Waals surface area (Å²) >= 11 is 1.32. The molecular formula is C19H21N5O2S. The van der Waals surface area contributed by atoms with Crippen molar-refractivity contribution in [2.45, 2.75) is 23.8 Å². The SMILES string of the molecule is COc1ccc(-n2nnnc2SC(C)C(=O)NCCc2ccccc2)cc1. The highest BCUT2D eigenvalue weighted by atomic mass is 32.2. The van der Waals surface area contributed by atoms with E-state index in [1.54, 1.807) is 11.8 Å². The van der Waals surface area contributed by atoms with E-state index in [2.05, 4.69) is 20.8 Å².